The molecule has 8 nitrogen and oxygen atoms in total. The second kappa shape index (κ2) is 7.67. The molecular weight excluding hydrogens is 388 g/mol. The molecule has 0 spiro atoms. The van der Waals surface area contributed by atoms with Gasteiger partial charge >= 0.3 is 0 Å². The molecule has 0 aliphatic carbocycles. The summed E-state index contributed by atoms with van der Waals surface area (Å²) in [5.74, 6) is 1.07. The summed E-state index contributed by atoms with van der Waals surface area (Å²) in [6.45, 7) is 8.83. The number of aromatic nitrogens is 5. The highest BCUT2D eigenvalue weighted by atomic mass is 32.1. The van der Waals surface area contributed by atoms with Crippen molar-refractivity contribution in [2.45, 2.75) is 34.2 Å². The highest BCUT2D eigenvalue weighted by Gasteiger charge is 2.19. The third-order valence-corrected chi connectivity index (χ3v) is 5.36. The summed E-state index contributed by atoms with van der Waals surface area (Å²) < 4.78 is 10.0. The minimum absolute atomic E-state index is 0.232. The van der Waals surface area contributed by atoms with Crippen molar-refractivity contribution in [2.24, 2.45) is 0 Å². The molecule has 0 saturated heterocycles. The number of fused-ring (bicyclic) bond motifs is 1. The van der Waals surface area contributed by atoms with E-state index in [4.69, 9.17) is 9.72 Å². The van der Waals surface area contributed by atoms with E-state index in [-0.39, 0.29) is 5.91 Å². The van der Waals surface area contributed by atoms with Gasteiger partial charge in [-0.2, -0.15) is 14.9 Å². The maximum atomic E-state index is 12.9. The highest BCUT2D eigenvalue weighted by Crippen LogP contribution is 2.32. The third kappa shape index (κ3) is 3.61. The fraction of sp³-hybridized carbons (Fsp3) is 0.300. The van der Waals surface area contributed by atoms with Crippen LogP contribution in [0.2, 0.25) is 0 Å². The number of benzene rings is 1. The standard InChI is InChI=1S/C20H22N6O2S/c1-5-25-14(10-12(3)23-25)19(27)21-17-11-13(4)24-26(17)20-22-18-15(28-6-2)8-7-9-16(18)29-20/h7-11H,5-6H2,1-4H3,(H,21,27). The van der Waals surface area contributed by atoms with E-state index < -0.39 is 0 Å². The second-order valence-electron chi connectivity index (χ2n) is 6.56. The van der Waals surface area contributed by atoms with Crippen molar-refractivity contribution in [3.63, 3.8) is 0 Å². The van der Waals surface area contributed by atoms with Crippen LogP contribution in [0.4, 0.5) is 5.82 Å². The smallest absolute Gasteiger partial charge is 0.275 e. The summed E-state index contributed by atoms with van der Waals surface area (Å²) in [4.78, 5) is 17.6. The molecular formula is C20H22N6O2S. The van der Waals surface area contributed by atoms with Crippen LogP contribution < -0.4 is 10.1 Å². The number of nitrogens with zero attached hydrogens (tertiary/aromatic N) is 5. The molecule has 0 unspecified atom stereocenters. The number of carbonyl (C=O) groups excluding carboxylic acids is 1. The Bertz CT molecular complexity index is 1190. The van der Waals surface area contributed by atoms with Gasteiger partial charge in [-0.1, -0.05) is 17.4 Å². The van der Waals surface area contributed by atoms with Gasteiger partial charge in [0.15, 0.2) is 0 Å². The molecule has 4 aromatic rings. The molecule has 0 atom stereocenters. The van der Waals surface area contributed by atoms with Crippen molar-refractivity contribution in [2.75, 3.05) is 11.9 Å². The van der Waals surface area contributed by atoms with Crippen LogP contribution in [0.1, 0.15) is 35.7 Å². The summed E-state index contributed by atoms with van der Waals surface area (Å²) in [6.07, 6.45) is 0. The molecule has 1 aromatic carbocycles. The third-order valence-electron chi connectivity index (χ3n) is 4.36. The molecule has 150 valence electrons. The SMILES string of the molecule is CCOc1cccc2sc(-n3nc(C)cc3NC(=O)c3cc(C)nn3CC)nc12. The fourth-order valence-corrected chi connectivity index (χ4v) is 4.11. The maximum absolute atomic E-state index is 12.9. The average molecular weight is 411 g/mol. The first-order chi connectivity index (χ1) is 14.0. The van der Waals surface area contributed by atoms with E-state index in [9.17, 15) is 4.79 Å². The molecule has 1 N–H and O–H groups in total. The Morgan fingerprint density at radius 1 is 1.17 bits per heavy atom. The number of hydrogen-bond donors (Lipinski definition) is 1. The topological polar surface area (TPSA) is 86.9 Å². The number of hydrogen-bond acceptors (Lipinski definition) is 6. The Kier molecular flexibility index (Phi) is 5.06. The fourth-order valence-electron chi connectivity index (χ4n) is 3.16. The molecule has 0 bridgehead atoms. The number of amides is 1. The summed E-state index contributed by atoms with van der Waals surface area (Å²) in [7, 11) is 0. The van der Waals surface area contributed by atoms with E-state index in [0.717, 1.165) is 27.4 Å². The Balaban J connectivity index is 1.71. The number of thiazole rings is 1. The van der Waals surface area contributed by atoms with E-state index in [1.807, 2.05) is 52.0 Å². The first-order valence-corrected chi connectivity index (χ1v) is 10.3. The normalized spacial score (nSPS) is 11.2. The Morgan fingerprint density at radius 3 is 2.72 bits per heavy atom. The van der Waals surface area contributed by atoms with Gasteiger partial charge in [0.25, 0.3) is 5.91 Å². The second-order valence-corrected chi connectivity index (χ2v) is 7.57. The molecule has 29 heavy (non-hydrogen) atoms. The largest absolute Gasteiger partial charge is 0.492 e. The molecule has 1 amide bonds. The average Bonchev–Trinajstić information content (AvgIpc) is 3.38. The number of carbonyl (C=O) groups is 1. The quantitative estimate of drug-likeness (QED) is 0.520. The lowest BCUT2D eigenvalue weighted by Crippen LogP contribution is -2.19. The molecule has 0 fully saturated rings. The highest BCUT2D eigenvalue weighted by molar-refractivity contribution is 7.20. The lowest BCUT2D eigenvalue weighted by molar-refractivity contribution is 0.101. The summed E-state index contributed by atoms with van der Waals surface area (Å²) in [5.41, 5.74) is 2.89. The van der Waals surface area contributed by atoms with Gasteiger partial charge in [-0.05, 0) is 45.9 Å². The van der Waals surface area contributed by atoms with Gasteiger partial charge in [0.05, 0.1) is 22.7 Å². The predicted octanol–water partition coefficient (Wildman–Crippen LogP) is 3.97. The van der Waals surface area contributed by atoms with Crippen molar-refractivity contribution in [3.8, 4) is 10.9 Å². The van der Waals surface area contributed by atoms with Gasteiger partial charge < -0.3 is 10.1 Å². The lowest BCUT2D eigenvalue weighted by atomic mass is 10.3. The van der Waals surface area contributed by atoms with E-state index in [1.165, 1.54) is 11.3 Å². The van der Waals surface area contributed by atoms with Crippen molar-refractivity contribution < 1.29 is 9.53 Å². The van der Waals surface area contributed by atoms with E-state index in [0.29, 0.717) is 29.8 Å². The Hall–Kier alpha value is -3.20. The van der Waals surface area contributed by atoms with Gasteiger partial charge in [-0.15, -0.1) is 0 Å². The Morgan fingerprint density at radius 2 is 1.97 bits per heavy atom. The lowest BCUT2D eigenvalue weighted by Gasteiger charge is -2.07. The van der Waals surface area contributed by atoms with Crippen LogP contribution in [-0.4, -0.2) is 37.1 Å². The van der Waals surface area contributed by atoms with Gasteiger partial charge in [-0.3, -0.25) is 9.48 Å². The first-order valence-electron chi connectivity index (χ1n) is 9.45. The first kappa shape index (κ1) is 19.1. The molecule has 9 heteroatoms. The van der Waals surface area contributed by atoms with Gasteiger partial charge in [0.1, 0.15) is 22.8 Å². The number of ether oxygens (including phenoxy) is 1. The van der Waals surface area contributed by atoms with E-state index in [1.54, 1.807) is 15.4 Å². The van der Waals surface area contributed by atoms with Gasteiger partial charge in [-0.25, -0.2) is 4.98 Å². The molecule has 4 rings (SSSR count). The predicted molar refractivity (Wildman–Crippen MR) is 113 cm³/mol. The number of aryl methyl sites for hydroxylation is 3. The zero-order chi connectivity index (χ0) is 20.5. The zero-order valence-electron chi connectivity index (χ0n) is 16.8. The zero-order valence-corrected chi connectivity index (χ0v) is 17.6. The Labute approximate surface area is 172 Å². The minimum Gasteiger partial charge on any atom is -0.492 e. The number of rotatable bonds is 6. The number of para-hydroxylation sites is 1. The molecule has 0 aliphatic rings. The van der Waals surface area contributed by atoms with Crippen LogP contribution >= 0.6 is 11.3 Å². The molecule has 3 aromatic heterocycles. The van der Waals surface area contributed by atoms with Crippen LogP contribution in [0.5, 0.6) is 5.75 Å². The van der Waals surface area contributed by atoms with Crippen LogP contribution in [0.15, 0.2) is 30.3 Å². The van der Waals surface area contributed by atoms with Gasteiger partial charge in [0, 0.05) is 12.6 Å². The maximum Gasteiger partial charge on any atom is 0.275 e. The number of nitrogens with one attached hydrogen (secondary N) is 1. The van der Waals surface area contributed by atoms with Crippen molar-refractivity contribution in [1.82, 2.24) is 24.5 Å². The molecule has 3 heterocycles. The van der Waals surface area contributed by atoms with Gasteiger partial charge in [0.2, 0.25) is 5.13 Å². The summed E-state index contributed by atoms with van der Waals surface area (Å²) >= 11 is 1.49. The summed E-state index contributed by atoms with van der Waals surface area (Å²) in [6, 6.07) is 9.45. The molecule has 0 aliphatic heterocycles. The van der Waals surface area contributed by atoms with Crippen molar-refractivity contribution in [3.05, 3.63) is 47.4 Å². The number of anilines is 1. The van der Waals surface area contributed by atoms with Crippen molar-refractivity contribution in [1.29, 1.82) is 0 Å². The molecule has 0 saturated carbocycles. The summed E-state index contributed by atoms with van der Waals surface area (Å²) in [5, 5.41) is 12.5. The van der Waals surface area contributed by atoms with Crippen LogP contribution in [0.25, 0.3) is 15.3 Å². The van der Waals surface area contributed by atoms with E-state index in [2.05, 4.69) is 15.5 Å². The minimum atomic E-state index is -0.232. The monoisotopic (exact) mass is 410 g/mol. The van der Waals surface area contributed by atoms with Crippen LogP contribution in [0, 0.1) is 13.8 Å². The van der Waals surface area contributed by atoms with Crippen LogP contribution in [0.3, 0.4) is 0 Å². The van der Waals surface area contributed by atoms with Crippen LogP contribution in [-0.2, 0) is 6.54 Å². The molecule has 0 radical (unpaired) electrons. The van der Waals surface area contributed by atoms with Crippen molar-refractivity contribution >= 4 is 33.3 Å². The van der Waals surface area contributed by atoms with E-state index >= 15 is 0 Å².